The fraction of sp³-hybridized carbons (Fsp3) is 0.419. The second-order valence-corrected chi connectivity index (χ2v) is 14.2. The molecule has 2 aromatic rings. The molecular weight excluding hydrogens is 633 g/mol. The van der Waals surface area contributed by atoms with Crippen molar-refractivity contribution in [3.63, 3.8) is 0 Å². The van der Waals surface area contributed by atoms with Crippen LogP contribution in [0.1, 0.15) is 51.2 Å². The average Bonchev–Trinajstić information content (AvgIpc) is 3.60. The average molecular weight is 667 g/mol. The summed E-state index contributed by atoms with van der Waals surface area (Å²) in [4.78, 5) is 20.2. The van der Waals surface area contributed by atoms with E-state index in [1.165, 1.54) is 22.4 Å². The molecule has 2 heterocycles. The lowest BCUT2D eigenvalue weighted by molar-refractivity contribution is 0.121. The van der Waals surface area contributed by atoms with Gasteiger partial charge in [0.05, 0.1) is 30.4 Å². The molecule has 1 aliphatic carbocycles. The van der Waals surface area contributed by atoms with Crippen molar-refractivity contribution < 1.29 is 22.7 Å². The van der Waals surface area contributed by atoms with Crippen LogP contribution in [0.15, 0.2) is 69.5 Å². The van der Waals surface area contributed by atoms with E-state index in [2.05, 4.69) is 0 Å². The van der Waals surface area contributed by atoms with E-state index >= 15 is 0 Å². The summed E-state index contributed by atoms with van der Waals surface area (Å²) in [6, 6.07) is 10.2. The van der Waals surface area contributed by atoms with Crippen LogP contribution in [0.4, 0.5) is 4.79 Å². The van der Waals surface area contributed by atoms with Crippen LogP contribution in [0, 0.1) is 5.92 Å². The Morgan fingerprint density at radius 3 is 2.33 bits per heavy atom. The monoisotopic (exact) mass is 665 g/mol. The quantitative estimate of drug-likeness (QED) is 0.218. The third kappa shape index (κ3) is 5.37. The predicted molar refractivity (Wildman–Crippen MR) is 170 cm³/mol. The van der Waals surface area contributed by atoms with E-state index in [0.717, 1.165) is 18.4 Å². The van der Waals surface area contributed by atoms with E-state index in [4.69, 9.17) is 49.3 Å². The Morgan fingerprint density at radius 1 is 1.09 bits per heavy atom. The highest BCUT2D eigenvalue weighted by Crippen LogP contribution is 2.54. The molecule has 3 atom stereocenters. The van der Waals surface area contributed by atoms with Crippen LogP contribution in [0.5, 0.6) is 11.5 Å². The number of amides is 1. The van der Waals surface area contributed by atoms with E-state index in [-0.39, 0.29) is 29.0 Å². The molecule has 0 N–H and O–H groups in total. The second kappa shape index (κ2) is 12.1. The van der Waals surface area contributed by atoms with Crippen LogP contribution in [0.2, 0.25) is 5.02 Å². The van der Waals surface area contributed by atoms with E-state index in [0.29, 0.717) is 40.9 Å². The smallest absolute Gasteiger partial charge is 0.322 e. The highest BCUT2D eigenvalue weighted by atomic mass is 35.5. The summed E-state index contributed by atoms with van der Waals surface area (Å²) >= 11 is 19.0. The van der Waals surface area contributed by atoms with Crippen molar-refractivity contribution in [3.8, 4) is 11.5 Å². The highest BCUT2D eigenvalue weighted by Gasteiger charge is 2.61. The van der Waals surface area contributed by atoms with Crippen molar-refractivity contribution in [3.05, 3.63) is 75.8 Å². The summed E-state index contributed by atoms with van der Waals surface area (Å²) in [5.41, 5.74) is -1.05. The number of halogens is 3. The first-order valence-corrected chi connectivity index (χ1v) is 16.7. The molecule has 2 aliphatic heterocycles. The zero-order valence-corrected chi connectivity index (χ0v) is 27.5. The number of amidine groups is 1. The van der Waals surface area contributed by atoms with E-state index in [1.807, 2.05) is 51.1 Å². The standard InChI is InChI=1S/C31H34Cl3N3O5S/c1-5-42-25-19-26(41-4)27(43(39,40)36-16-6-7-17-36)18-24(25)28-35-30(2,20-8-12-22(32)13-9-20)31(3,37(28)29(34)38)21-10-14-23(33)15-11-21/h8,10-15,18-20H,5-7,9,16-17H2,1-4H3/t20?,30-,31+/m0/s1. The Kier molecular flexibility index (Phi) is 8.95. The first kappa shape index (κ1) is 31.9. The Balaban J connectivity index is 1.79. The van der Waals surface area contributed by atoms with Gasteiger partial charge in [-0.05, 0) is 81.5 Å². The molecule has 2 aromatic carbocycles. The van der Waals surface area contributed by atoms with Crippen molar-refractivity contribution >= 4 is 56.0 Å². The molecule has 12 heteroatoms. The van der Waals surface area contributed by atoms with Crippen molar-refractivity contribution in [2.24, 2.45) is 10.9 Å². The minimum atomic E-state index is -3.93. The van der Waals surface area contributed by atoms with Gasteiger partial charge in [-0.15, -0.1) is 0 Å². The molecular formula is C31H34Cl3N3O5S. The summed E-state index contributed by atoms with van der Waals surface area (Å²) in [6.45, 7) is 6.80. The maximum absolute atomic E-state index is 13.9. The Labute approximate surface area is 267 Å². The van der Waals surface area contributed by atoms with Gasteiger partial charge in [-0.25, -0.2) is 8.42 Å². The summed E-state index contributed by atoms with van der Waals surface area (Å²) < 4.78 is 40.8. The van der Waals surface area contributed by atoms with Gasteiger partial charge in [-0.1, -0.05) is 47.5 Å². The molecule has 0 aromatic heterocycles. The number of allylic oxidation sites excluding steroid dienone is 3. The number of hydrogen-bond acceptors (Lipinski definition) is 6. The largest absolute Gasteiger partial charge is 0.495 e. The van der Waals surface area contributed by atoms with Crippen molar-refractivity contribution in [1.82, 2.24) is 9.21 Å². The minimum absolute atomic E-state index is 0.0332. The maximum Gasteiger partial charge on any atom is 0.322 e. The first-order valence-electron chi connectivity index (χ1n) is 14.1. The van der Waals surface area contributed by atoms with Crippen molar-refractivity contribution in [1.29, 1.82) is 0 Å². The zero-order chi connectivity index (χ0) is 31.2. The molecule has 1 fully saturated rings. The van der Waals surface area contributed by atoms with Gasteiger partial charge in [0.25, 0.3) is 0 Å². The number of rotatable bonds is 8. The number of aliphatic imine (C=N–C) groups is 1. The fourth-order valence-electron chi connectivity index (χ4n) is 6.33. The SMILES string of the molecule is CCOc1cc(OC)c(S(=O)(=O)N2CCCC2)cc1C1=N[C@@](C)(C2C=CC(Cl)=CC2)[C@@](C)(c2ccc(Cl)cc2)N1C(=O)Cl. The van der Waals surface area contributed by atoms with Gasteiger partial charge in [0.1, 0.15) is 22.2 Å². The van der Waals surface area contributed by atoms with Crippen LogP contribution in [-0.2, 0) is 15.6 Å². The lowest BCUT2D eigenvalue weighted by Gasteiger charge is -2.47. The molecule has 43 heavy (non-hydrogen) atoms. The highest BCUT2D eigenvalue weighted by molar-refractivity contribution is 7.89. The molecule has 1 amide bonds. The van der Waals surface area contributed by atoms with Crippen LogP contribution < -0.4 is 9.47 Å². The third-order valence-electron chi connectivity index (χ3n) is 8.83. The van der Waals surface area contributed by atoms with Gasteiger partial charge in [0.2, 0.25) is 10.0 Å². The number of benzene rings is 2. The van der Waals surface area contributed by atoms with Gasteiger partial charge in [-0.2, -0.15) is 4.31 Å². The molecule has 0 radical (unpaired) electrons. The van der Waals surface area contributed by atoms with Crippen LogP contribution in [0.3, 0.4) is 0 Å². The Hall–Kier alpha value is -2.56. The third-order valence-corrected chi connectivity index (χ3v) is 11.5. The lowest BCUT2D eigenvalue weighted by atomic mass is 9.66. The minimum Gasteiger partial charge on any atom is -0.495 e. The van der Waals surface area contributed by atoms with Gasteiger partial charge >= 0.3 is 5.37 Å². The molecule has 0 bridgehead atoms. The van der Waals surface area contributed by atoms with E-state index in [1.54, 1.807) is 18.2 Å². The van der Waals surface area contributed by atoms with Crippen LogP contribution >= 0.6 is 34.8 Å². The van der Waals surface area contributed by atoms with Gasteiger partial charge in [-0.3, -0.25) is 14.7 Å². The number of ether oxygens (including phenoxy) is 2. The summed E-state index contributed by atoms with van der Waals surface area (Å²) in [6.07, 6.45) is 7.84. The Bertz CT molecular complexity index is 1620. The van der Waals surface area contributed by atoms with Crippen LogP contribution in [0.25, 0.3) is 0 Å². The number of methoxy groups -OCH3 is 1. The lowest BCUT2D eigenvalue weighted by Crippen LogP contribution is -2.57. The van der Waals surface area contributed by atoms with Gasteiger partial charge < -0.3 is 9.47 Å². The van der Waals surface area contributed by atoms with Crippen molar-refractivity contribution in [2.45, 2.75) is 56.0 Å². The van der Waals surface area contributed by atoms with E-state index in [9.17, 15) is 13.2 Å². The number of nitrogens with zero attached hydrogens (tertiary/aromatic N) is 3. The number of hydrogen-bond donors (Lipinski definition) is 0. The summed E-state index contributed by atoms with van der Waals surface area (Å²) in [5.74, 6) is 0.442. The summed E-state index contributed by atoms with van der Waals surface area (Å²) in [5, 5.41) is 0.372. The molecule has 1 unspecified atom stereocenters. The number of carbonyl (C=O) groups is 1. The molecule has 8 nitrogen and oxygen atoms in total. The van der Waals surface area contributed by atoms with Gasteiger partial charge in [0, 0.05) is 35.1 Å². The molecule has 230 valence electrons. The predicted octanol–water partition coefficient (Wildman–Crippen LogP) is 7.33. The number of carbonyl (C=O) groups excluding carboxylic acids is 1. The first-order chi connectivity index (χ1) is 20.4. The Morgan fingerprint density at radius 2 is 1.77 bits per heavy atom. The normalized spacial score (nSPS) is 25.9. The molecule has 3 aliphatic rings. The number of sulfonamides is 1. The second-order valence-electron chi connectivity index (χ2n) is 11.1. The molecule has 0 spiro atoms. The topological polar surface area (TPSA) is 88.5 Å². The van der Waals surface area contributed by atoms with E-state index < -0.39 is 26.5 Å². The molecule has 0 saturated carbocycles. The molecule has 5 rings (SSSR count). The maximum atomic E-state index is 13.9. The van der Waals surface area contributed by atoms with Gasteiger partial charge in [0.15, 0.2) is 0 Å². The zero-order valence-electron chi connectivity index (χ0n) is 24.4. The fourth-order valence-corrected chi connectivity index (χ4v) is 8.54. The van der Waals surface area contributed by atoms with Crippen LogP contribution in [-0.4, -0.2) is 61.2 Å². The summed E-state index contributed by atoms with van der Waals surface area (Å²) in [7, 11) is -2.52. The van der Waals surface area contributed by atoms with Crippen molar-refractivity contribution in [2.75, 3.05) is 26.8 Å². The molecule has 1 saturated heterocycles.